The Bertz CT molecular complexity index is 1410. The Kier molecular flexibility index (Phi) is 7.57. The highest BCUT2D eigenvalue weighted by Crippen LogP contribution is 2.35. The molecule has 2 amide bonds. The van der Waals surface area contributed by atoms with Gasteiger partial charge in [-0.3, -0.25) is 14.5 Å². The molecule has 0 spiro atoms. The summed E-state index contributed by atoms with van der Waals surface area (Å²) < 4.78 is 41.5. The lowest BCUT2D eigenvalue weighted by Crippen LogP contribution is -2.39. The summed E-state index contributed by atoms with van der Waals surface area (Å²) in [6.45, 7) is -0.592. The van der Waals surface area contributed by atoms with Crippen LogP contribution in [0, 0.1) is 11.6 Å². The molecular weight excluding hydrogens is 533 g/mol. The summed E-state index contributed by atoms with van der Waals surface area (Å²) in [7, 11) is 0. The molecular formula is C24H15F3N2O4S3. The largest absolute Gasteiger partial charge is 0.478 e. The molecule has 3 aromatic rings. The highest BCUT2D eigenvalue weighted by molar-refractivity contribution is 8.26. The van der Waals surface area contributed by atoms with Crippen molar-refractivity contribution >= 4 is 69.2 Å². The second-order valence-corrected chi connectivity index (χ2v) is 10.1. The third kappa shape index (κ3) is 5.66. The van der Waals surface area contributed by atoms with Crippen LogP contribution in [-0.4, -0.2) is 44.8 Å². The third-order valence-electron chi connectivity index (χ3n) is 5.05. The standard InChI is InChI=1S/C24H15F3N2O4S3/c25-17-6-3-13(8-18(17)26)14-7-16(35-11-14)9-20-22(31)29(24(34)36-20)10-19(27)21(30)28-15-4-1-12(2-5-15)23(32)33/h1-9,11,19H,10H2,(H,28,30)(H,32,33). The van der Waals surface area contributed by atoms with Crippen molar-refractivity contribution < 1.29 is 32.7 Å². The van der Waals surface area contributed by atoms with Crippen LogP contribution in [0.15, 0.2) is 58.8 Å². The number of benzene rings is 2. The smallest absolute Gasteiger partial charge is 0.335 e. The van der Waals surface area contributed by atoms with Gasteiger partial charge in [0.25, 0.3) is 11.8 Å². The highest BCUT2D eigenvalue weighted by Gasteiger charge is 2.35. The van der Waals surface area contributed by atoms with Gasteiger partial charge in [-0.15, -0.1) is 11.3 Å². The van der Waals surface area contributed by atoms with Crippen LogP contribution in [0.4, 0.5) is 18.9 Å². The maximum Gasteiger partial charge on any atom is 0.335 e. The fraction of sp³-hybridized carbons (Fsp3) is 0.0833. The van der Waals surface area contributed by atoms with Crippen LogP contribution in [0.25, 0.3) is 17.2 Å². The molecule has 1 aliphatic heterocycles. The highest BCUT2D eigenvalue weighted by atomic mass is 32.2. The number of halogens is 3. The Labute approximate surface area is 216 Å². The van der Waals surface area contributed by atoms with Crippen molar-refractivity contribution in [3.8, 4) is 11.1 Å². The molecule has 184 valence electrons. The molecule has 0 saturated carbocycles. The van der Waals surface area contributed by atoms with Crippen LogP contribution in [0.3, 0.4) is 0 Å². The van der Waals surface area contributed by atoms with E-state index in [1.807, 2.05) is 0 Å². The maximum atomic E-state index is 14.7. The lowest BCUT2D eigenvalue weighted by atomic mass is 10.1. The first-order chi connectivity index (χ1) is 17.1. The average molecular weight is 549 g/mol. The summed E-state index contributed by atoms with van der Waals surface area (Å²) in [6, 6.07) is 10.4. The molecule has 6 nitrogen and oxygen atoms in total. The lowest BCUT2D eigenvalue weighted by molar-refractivity contribution is -0.125. The average Bonchev–Trinajstić information content (AvgIpc) is 3.41. The monoisotopic (exact) mass is 548 g/mol. The fourth-order valence-electron chi connectivity index (χ4n) is 3.20. The van der Waals surface area contributed by atoms with Crippen LogP contribution in [0.2, 0.25) is 0 Å². The zero-order valence-corrected chi connectivity index (χ0v) is 20.5. The number of rotatable bonds is 7. The Morgan fingerprint density at radius 3 is 2.47 bits per heavy atom. The molecule has 1 unspecified atom stereocenters. The summed E-state index contributed by atoms with van der Waals surface area (Å²) in [4.78, 5) is 37.8. The van der Waals surface area contributed by atoms with Crippen LogP contribution in [0.5, 0.6) is 0 Å². The van der Waals surface area contributed by atoms with Gasteiger partial charge in [0.05, 0.1) is 17.0 Å². The summed E-state index contributed by atoms with van der Waals surface area (Å²) in [5, 5.41) is 13.0. The number of carbonyl (C=O) groups is 3. The Morgan fingerprint density at radius 1 is 1.08 bits per heavy atom. The molecule has 12 heteroatoms. The Morgan fingerprint density at radius 2 is 1.81 bits per heavy atom. The summed E-state index contributed by atoms with van der Waals surface area (Å²) in [6.07, 6.45) is -0.530. The summed E-state index contributed by atoms with van der Waals surface area (Å²) in [5.74, 6) is -4.63. The van der Waals surface area contributed by atoms with Gasteiger partial charge < -0.3 is 10.4 Å². The molecule has 1 saturated heterocycles. The molecule has 2 heterocycles. The van der Waals surface area contributed by atoms with E-state index in [1.54, 1.807) is 17.5 Å². The Balaban J connectivity index is 1.41. The van der Waals surface area contributed by atoms with Gasteiger partial charge in [0.1, 0.15) is 4.32 Å². The first-order valence-electron chi connectivity index (χ1n) is 10.2. The van der Waals surface area contributed by atoms with E-state index >= 15 is 0 Å². The minimum Gasteiger partial charge on any atom is -0.478 e. The molecule has 0 radical (unpaired) electrons. The number of aromatic carboxylic acids is 1. The molecule has 1 aromatic heterocycles. The molecule has 2 N–H and O–H groups in total. The SMILES string of the molecule is O=C(O)c1ccc(NC(=O)C(F)CN2C(=O)C(=Cc3cc(-c4ccc(F)c(F)c4)cs3)SC2=S)cc1. The van der Waals surface area contributed by atoms with E-state index < -0.39 is 42.1 Å². The second-order valence-electron chi connectivity index (χ2n) is 7.50. The first-order valence-corrected chi connectivity index (χ1v) is 12.3. The topological polar surface area (TPSA) is 86.7 Å². The number of carbonyl (C=O) groups excluding carboxylic acids is 2. The molecule has 4 rings (SSSR count). The van der Waals surface area contributed by atoms with E-state index in [4.69, 9.17) is 17.3 Å². The van der Waals surface area contributed by atoms with Crippen molar-refractivity contribution in [1.29, 1.82) is 0 Å². The zero-order valence-electron chi connectivity index (χ0n) is 18.0. The number of nitrogens with zero attached hydrogens (tertiary/aromatic N) is 1. The molecule has 0 aliphatic carbocycles. The second kappa shape index (κ2) is 10.6. The number of hydrogen-bond acceptors (Lipinski definition) is 6. The van der Waals surface area contributed by atoms with E-state index in [1.165, 1.54) is 41.7 Å². The van der Waals surface area contributed by atoms with Crippen LogP contribution in [-0.2, 0) is 9.59 Å². The Hall–Kier alpha value is -3.48. The molecule has 1 fully saturated rings. The minimum atomic E-state index is -2.09. The van der Waals surface area contributed by atoms with Gasteiger partial charge in [0, 0.05) is 10.6 Å². The van der Waals surface area contributed by atoms with Crippen molar-refractivity contribution in [2.45, 2.75) is 6.17 Å². The number of thiocarbonyl (C=S) groups is 1. The first kappa shape index (κ1) is 25.6. The molecule has 36 heavy (non-hydrogen) atoms. The summed E-state index contributed by atoms with van der Waals surface area (Å²) in [5.41, 5.74) is 1.32. The molecule has 2 aromatic carbocycles. The van der Waals surface area contributed by atoms with Crippen LogP contribution < -0.4 is 5.32 Å². The number of thioether (sulfide) groups is 1. The number of carboxylic acid groups (broad SMARTS) is 1. The van der Waals surface area contributed by atoms with Gasteiger partial charge in [-0.2, -0.15) is 0 Å². The maximum absolute atomic E-state index is 14.7. The van der Waals surface area contributed by atoms with Gasteiger partial charge in [-0.1, -0.05) is 30.0 Å². The number of alkyl halides is 1. The fourth-order valence-corrected chi connectivity index (χ4v) is 5.39. The van der Waals surface area contributed by atoms with Gasteiger partial charge in [-0.05, 0) is 65.0 Å². The molecule has 0 bridgehead atoms. The number of amides is 2. The van der Waals surface area contributed by atoms with Crippen LogP contribution in [0.1, 0.15) is 15.2 Å². The van der Waals surface area contributed by atoms with E-state index in [2.05, 4.69) is 5.32 Å². The third-order valence-corrected chi connectivity index (χ3v) is 7.30. The van der Waals surface area contributed by atoms with E-state index in [0.29, 0.717) is 16.0 Å². The number of hydrogen-bond donors (Lipinski definition) is 2. The quantitative estimate of drug-likeness (QED) is 0.297. The zero-order chi connectivity index (χ0) is 26.0. The predicted molar refractivity (Wildman–Crippen MR) is 136 cm³/mol. The number of nitrogens with one attached hydrogen (secondary N) is 1. The number of thiophene rings is 1. The molecule has 1 atom stereocenters. The minimum absolute atomic E-state index is 0.0110. The van der Waals surface area contributed by atoms with E-state index in [9.17, 15) is 27.6 Å². The molecule has 1 aliphatic rings. The van der Waals surface area contributed by atoms with Crippen molar-refractivity contribution in [2.75, 3.05) is 11.9 Å². The van der Waals surface area contributed by atoms with Gasteiger partial charge in [0.15, 0.2) is 17.8 Å². The van der Waals surface area contributed by atoms with Crippen molar-refractivity contribution in [1.82, 2.24) is 4.90 Å². The normalized spacial score (nSPS) is 15.4. The van der Waals surface area contributed by atoms with Crippen LogP contribution >= 0.6 is 35.3 Å². The number of carboxylic acids is 1. The van der Waals surface area contributed by atoms with E-state index in [-0.39, 0.29) is 20.5 Å². The van der Waals surface area contributed by atoms with Crippen molar-refractivity contribution in [3.05, 3.63) is 80.9 Å². The van der Waals surface area contributed by atoms with Gasteiger partial charge in [-0.25, -0.2) is 18.0 Å². The van der Waals surface area contributed by atoms with Gasteiger partial charge >= 0.3 is 5.97 Å². The van der Waals surface area contributed by atoms with E-state index in [0.717, 1.165) is 28.8 Å². The lowest BCUT2D eigenvalue weighted by Gasteiger charge is -2.17. The van der Waals surface area contributed by atoms with Crippen molar-refractivity contribution in [2.24, 2.45) is 0 Å². The van der Waals surface area contributed by atoms with Gasteiger partial charge in [0.2, 0.25) is 0 Å². The number of anilines is 1. The predicted octanol–water partition coefficient (Wildman–Crippen LogP) is 5.57. The summed E-state index contributed by atoms with van der Waals surface area (Å²) >= 11 is 7.43. The van der Waals surface area contributed by atoms with Crippen molar-refractivity contribution in [3.63, 3.8) is 0 Å².